The SMILES string of the molecule is COC(CC(F)(F)C(F)(F)C(F)(F)C(F)(F)F)c1cccc(I)c1. The molecule has 0 spiro atoms. The summed E-state index contributed by atoms with van der Waals surface area (Å²) in [6, 6.07) is 5.35. The predicted octanol–water partition coefficient (Wildman–Crippen LogP) is 5.84. The van der Waals surface area contributed by atoms with Crippen LogP contribution in [0.2, 0.25) is 0 Å². The number of alkyl halides is 9. The molecule has 24 heavy (non-hydrogen) atoms. The molecule has 1 aromatic carbocycles. The summed E-state index contributed by atoms with van der Waals surface area (Å²) in [6.45, 7) is 0. The second kappa shape index (κ2) is 6.89. The van der Waals surface area contributed by atoms with E-state index in [1.807, 2.05) is 0 Å². The lowest BCUT2D eigenvalue weighted by Gasteiger charge is -2.35. The summed E-state index contributed by atoms with van der Waals surface area (Å²) in [4.78, 5) is 0. The Kier molecular flexibility index (Phi) is 6.12. The lowest BCUT2D eigenvalue weighted by molar-refractivity contribution is -0.398. The van der Waals surface area contributed by atoms with Crippen LogP contribution >= 0.6 is 22.6 Å². The lowest BCUT2D eigenvalue weighted by Crippen LogP contribution is -2.61. The molecule has 1 unspecified atom stereocenters. The number of rotatable bonds is 6. The summed E-state index contributed by atoms with van der Waals surface area (Å²) in [5.74, 6) is -19.2. The summed E-state index contributed by atoms with van der Waals surface area (Å²) in [6.07, 6.45) is -10.7. The van der Waals surface area contributed by atoms with E-state index in [2.05, 4.69) is 4.74 Å². The highest BCUT2D eigenvalue weighted by atomic mass is 127. The molecule has 0 aliphatic heterocycles. The van der Waals surface area contributed by atoms with Crippen molar-refractivity contribution in [2.45, 2.75) is 36.5 Å². The van der Waals surface area contributed by atoms with Crippen molar-refractivity contribution >= 4 is 22.6 Å². The van der Waals surface area contributed by atoms with Gasteiger partial charge in [0, 0.05) is 17.1 Å². The molecular formula is C13H10F9IO. The van der Waals surface area contributed by atoms with Crippen molar-refractivity contribution in [3.05, 3.63) is 33.4 Å². The van der Waals surface area contributed by atoms with E-state index in [1.54, 1.807) is 22.6 Å². The van der Waals surface area contributed by atoms with Crippen molar-refractivity contribution in [2.24, 2.45) is 0 Å². The fraction of sp³-hybridized carbons (Fsp3) is 0.538. The number of halogens is 10. The van der Waals surface area contributed by atoms with Gasteiger partial charge in [0.05, 0.1) is 6.10 Å². The third kappa shape index (κ3) is 3.92. The molecule has 0 amide bonds. The summed E-state index contributed by atoms with van der Waals surface area (Å²) < 4.78 is 121. The second-order valence-corrected chi connectivity index (χ2v) is 6.08. The van der Waals surface area contributed by atoms with Crippen molar-refractivity contribution in [1.82, 2.24) is 0 Å². The van der Waals surface area contributed by atoms with E-state index in [-0.39, 0.29) is 5.56 Å². The van der Waals surface area contributed by atoms with Crippen molar-refractivity contribution < 1.29 is 44.3 Å². The molecule has 0 heterocycles. The highest BCUT2D eigenvalue weighted by Crippen LogP contribution is 2.55. The van der Waals surface area contributed by atoms with Gasteiger partial charge in [-0.25, -0.2) is 0 Å². The van der Waals surface area contributed by atoms with Crippen LogP contribution < -0.4 is 0 Å². The number of hydrogen-bond acceptors (Lipinski definition) is 1. The molecule has 0 saturated carbocycles. The van der Waals surface area contributed by atoms with Gasteiger partial charge in [-0.15, -0.1) is 0 Å². The van der Waals surface area contributed by atoms with Crippen molar-refractivity contribution in [3.8, 4) is 0 Å². The third-order valence-electron chi connectivity index (χ3n) is 3.16. The summed E-state index contributed by atoms with van der Waals surface area (Å²) >= 11 is 1.77. The van der Waals surface area contributed by atoms with Crippen LogP contribution in [0.5, 0.6) is 0 Å². The van der Waals surface area contributed by atoms with Crippen LogP contribution in [-0.2, 0) is 4.74 Å². The molecule has 1 nitrogen and oxygen atoms in total. The van der Waals surface area contributed by atoms with E-state index in [0.717, 1.165) is 7.11 Å². The first-order chi connectivity index (χ1) is 10.7. The monoisotopic (exact) mass is 480 g/mol. The normalized spacial score (nSPS) is 15.5. The fourth-order valence-electron chi connectivity index (χ4n) is 1.81. The third-order valence-corrected chi connectivity index (χ3v) is 3.83. The molecule has 0 aromatic heterocycles. The summed E-state index contributed by atoms with van der Waals surface area (Å²) in [5.41, 5.74) is -0.0600. The van der Waals surface area contributed by atoms with Crippen molar-refractivity contribution in [2.75, 3.05) is 7.11 Å². The van der Waals surface area contributed by atoms with Crippen molar-refractivity contribution in [3.63, 3.8) is 0 Å². The molecule has 0 N–H and O–H groups in total. The summed E-state index contributed by atoms with van der Waals surface area (Å²) in [5, 5.41) is 0. The average Bonchev–Trinajstić information content (AvgIpc) is 2.43. The quantitative estimate of drug-likeness (QED) is 0.368. The van der Waals surface area contributed by atoms with Gasteiger partial charge in [0.15, 0.2) is 0 Å². The molecule has 1 aromatic rings. The van der Waals surface area contributed by atoms with Crippen LogP contribution in [0.3, 0.4) is 0 Å². The maximum absolute atomic E-state index is 13.6. The van der Waals surface area contributed by atoms with E-state index in [1.165, 1.54) is 24.3 Å². The van der Waals surface area contributed by atoms with Crippen LogP contribution in [0.15, 0.2) is 24.3 Å². The standard InChI is InChI=1S/C13H10F9IO/c1-24-9(7-3-2-4-8(23)5-7)6-10(14,15)11(16,17)12(18,19)13(20,21)22/h2-5,9H,6H2,1H3. The lowest BCUT2D eigenvalue weighted by atomic mass is 9.95. The second-order valence-electron chi connectivity index (χ2n) is 4.83. The molecule has 0 bridgehead atoms. The molecule has 0 aliphatic rings. The van der Waals surface area contributed by atoms with Gasteiger partial charge < -0.3 is 4.74 Å². The van der Waals surface area contributed by atoms with Crippen molar-refractivity contribution in [1.29, 1.82) is 0 Å². The number of hydrogen-bond donors (Lipinski definition) is 0. The molecule has 1 rings (SSSR count). The fourth-order valence-corrected chi connectivity index (χ4v) is 2.38. The van der Waals surface area contributed by atoms with E-state index >= 15 is 0 Å². The molecule has 138 valence electrons. The van der Waals surface area contributed by atoms with Gasteiger partial charge >= 0.3 is 23.9 Å². The molecule has 0 fully saturated rings. The average molecular weight is 480 g/mol. The van der Waals surface area contributed by atoms with E-state index in [0.29, 0.717) is 3.57 Å². The maximum atomic E-state index is 13.6. The van der Waals surface area contributed by atoms with Gasteiger partial charge in [0.2, 0.25) is 0 Å². The Balaban J connectivity index is 3.18. The van der Waals surface area contributed by atoms with Crippen LogP contribution in [0.25, 0.3) is 0 Å². The van der Waals surface area contributed by atoms with Gasteiger partial charge in [-0.1, -0.05) is 12.1 Å². The van der Waals surface area contributed by atoms with Gasteiger partial charge in [-0.2, -0.15) is 39.5 Å². The number of methoxy groups -OCH3 is 1. The predicted molar refractivity (Wildman–Crippen MR) is 74.4 cm³/mol. The Hall–Kier alpha value is -0.720. The Morgan fingerprint density at radius 3 is 1.92 bits per heavy atom. The smallest absolute Gasteiger partial charge is 0.377 e. The zero-order valence-electron chi connectivity index (χ0n) is 11.8. The maximum Gasteiger partial charge on any atom is 0.460 e. The minimum absolute atomic E-state index is 0.0600. The highest BCUT2D eigenvalue weighted by Gasteiger charge is 2.81. The van der Waals surface area contributed by atoms with Crippen LogP contribution in [0.4, 0.5) is 39.5 Å². The molecular weight excluding hydrogens is 470 g/mol. The van der Waals surface area contributed by atoms with Gasteiger partial charge in [0.25, 0.3) is 0 Å². The van der Waals surface area contributed by atoms with E-state index in [9.17, 15) is 39.5 Å². The van der Waals surface area contributed by atoms with E-state index < -0.39 is 36.5 Å². The topological polar surface area (TPSA) is 9.23 Å². The first-order valence-corrected chi connectivity index (χ1v) is 7.23. The van der Waals surface area contributed by atoms with Gasteiger partial charge in [-0.05, 0) is 40.3 Å². The molecule has 0 radical (unpaired) electrons. The van der Waals surface area contributed by atoms with Gasteiger partial charge in [-0.3, -0.25) is 0 Å². The zero-order valence-corrected chi connectivity index (χ0v) is 13.9. The Labute approximate surface area is 144 Å². The Morgan fingerprint density at radius 2 is 1.50 bits per heavy atom. The Morgan fingerprint density at radius 1 is 0.958 bits per heavy atom. The Bertz CT molecular complexity index is 571. The first kappa shape index (κ1) is 21.3. The molecule has 0 saturated heterocycles. The highest BCUT2D eigenvalue weighted by molar-refractivity contribution is 14.1. The van der Waals surface area contributed by atoms with Crippen LogP contribution in [0, 0.1) is 3.57 Å². The number of benzene rings is 1. The largest absolute Gasteiger partial charge is 0.460 e. The van der Waals surface area contributed by atoms with Gasteiger partial charge in [0.1, 0.15) is 0 Å². The van der Waals surface area contributed by atoms with Crippen LogP contribution in [-0.4, -0.2) is 31.1 Å². The molecule has 11 heteroatoms. The summed E-state index contributed by atoms with van der Waals surface area (Å²) in [7, 11) is 0.848. The van der Waals surface area contributed by atoms with E-state index in [4.69, 9.17) is 0 Å². The zero-order chi connectivity index (χ0) is 19.0. The molecule has 1 atom stereocenters. The number of ether oxygens (including phenoxy) is 1. The molecule has 0 aliphatic carbocycles. The minimum atomic E-state index is -6.90. The minimum Gasteiger partial charge on any atom is -0.377 e. The first-order valence-electron chi connectivity index (χ1n) is 6.16. The van der Waals surface area contributed by atoms with Crippen LogP contribution in [0.1, 0.15) is 18.1 Å².